The molecule has 0 amide bonds. The Hall–Kier alpha value is -0.740. The Morgan fingerprint density at radius 3 is 2.78 bits per heavy atom. The first-order valence-electron chi connectivity index (χ1n) is 4.98. The van der Waals surface area contributed by atoms with Crippen LogP contribution in [0.3, 0.4) is 0 Å². The third kappa shape index (κ3) is 3.62. The quantitative estimate of drug-likeness (QED) is 0.646. The lowest BCUT2D eigenvalue weighted by Crippen LogP contribution is -2.32. The lowest BCUT2D eigenvalue weighted by Gasteiger charge is -2.14. The monoisotopic (exact) mass is 350 g/mol. The molecule has 1 aromatic carbocycles. The van der Waals surface area contributed by atoms with E-state index < -0.39 is 10.0 Å². The second kappa shape index (κ2) is 5.93. The minimum atomic E-state index is -3.71. The molecule has 1 unspecified atom stereocenters. The van der Waals surface area contributed by atoms with Gasteiger partial charge in [0.2, 0.25) is 10.0 Å². The first kappa shape index (κ1) is 15.3. The molecule has 1 aromatic rings. The maximum absolute atomic E-state index is 12.1. The van der Waals surface area contributed by atoms with E-state index in [0.717, 1.165) is 0 Å². The van der Waals surface area contributed by atoms with Crippen molar-refractivity contribution in [3.05, 3.63) is 21.6 Å². The van der Waals surface area contributed by atoms with Gasteiger partial charge in [0.25, 0.3) is 0 Å². The summed E-state index contributed by atoms with van der Waals surface area (Å²) >= 11 is 8.94. The number of hydrogen-bond donors (Lipinski definition) is 2. The van der Waals surface area contributed by atoms with Crippen LogP contribution in [-0.2, 0) is 10.0 Å². The maximum atomic E-state index is 12.1. The van der Waals surface area contributed by atoms with E-state index in [1.54, 1.807) is 6.92 Å². The van der Waals surface area contributed by atoms with Crippen LogP contribution in [-0.4, -0.2) is 14.5 Å². The van der Waals surface area contributed by atoms with E-state index in [2.05, 4.69) is 26.6 Å². The van der Waals surface area contributed by atoms with Gasteiger partial charge in [-0.25, -0.2) is 13.1 Å². The number of terminal acetylenes is 1. The van der Waals surface area contributed by atoms with Gasteiger partial charge in [0.15, 0.2) is 0 Å². The molecule has 98 valence electrons. The van der Waals surface area contributed by atoms with Gasteiger partial charge in [-0.05, 0) is 35.0 Å². The van der Waals surface area contributed by atoms with Gasteiger partial charge in [-0.15, -0.1) is 12.3 Å². The summed E-state index contributed by atoms with van der Waals surface area (Å²) in [5.74, 6) is 2.39. The van der Waals surface area contributed by atoms with Crippen LogP contribution < -0.4 is 10.5 Å². The predicted octanol–water partition coefficient (Wildman–Crippen LogP) is 2.37. The van der Waals surface area contributed by atoms with E-state index in [0.29, 0.717) is 6.42 Å². The molecule has 4 nitrogen and oxygen atoms in total. The zero-order valence-electron chi connectivity index (χ0n) is 9.57. The van der Waals surface area contributed by atoms with Gasteiger partial charge in [-0.2, -0.15) is 0 Å². The molecule has 0 spiro atoms. The number of hydrogen-bond acceptors (Lipinski definition) is 3. The van der Waals surface area contributed by atoms with Gasteiger partial charge < -0.3 is 5.73 Å². The molecule has 7 heteroatoms. The molecule has 1 rings (SSSR count). The summed E-state index contributed by atoms with van der Waals surface area (Å²) in [6, 6.07) is 2.43. The second-order valence-corrected chi connectivity index (χ2v) is 6.65. The van der Waals surface area contributed by atoms with Crippen LogP contribution in [0.2, 0.25) is 5.02 Å². The minimum Gasteiger partial charge on any atom is -0.398 e. The number of nitrogen functional groups attached to an aromatic ring is 1. The van der Waals surface area contributed by atoms with Crippen LogP contribution in [0.25, 0.3) is 0 Å². The van der Waals surface area contributed by atoms with Crippen LogP contribution in [0.15, 0.2) is 21.5 Å². The lowest BCUT2D eigenvalue weighted by atomic mass is 10.3. The third-order valence-corrected chi connectivity index (χ3v) is 5.08. The summed E-state index contributed by atoms with van der Waals surface area (Å²) in [7, 11) is -3.71. The molecule has 0 aromatic heterocycles. The van der Waals surface area contributed by atoms with Crippen LogP contribution in [0.5, 0.6) is 0 Å². The van der Waals surface area contributed by atoms with Crippen LogP contribution in [0.1, 0.15) is 13.3 Å². The molecular weight excluding hydrogens is 340 g/mol. The Bertz CT molecular complexity index is 596. The number of halogens is 2. The summed E-state index contributed by atoms with van der Waals surface area (Å²) in [6.07, 6.45) is 5.43. The highest BCUT2D eigenvalue weighted by molar-refractivity contribution is 9.10. The SMILES string of the molecule is C#CCC(C)NS(=O)(=O)c1cc(Cl)cc(N)c1Br. The summed E-state index contributed by atoms with van der Waals surface area (Å²) in [5.41, 5.74) is 5.91. The Balaban J connectivity index is 3.18. The summed E-state index contributed by atoms with van der Waals surface area (Å²) in [4.78, 5) is -0.00336. The number of sulfonamides is 1. The van der Waals surface area contributed by atoms with Gasteiger partial charge in [0.05, 0.1) is 9.37 Å². The number of anilines is 1. The average molecular weight is 352 g/mol. The Labute approximate surface area is 120 Å². The minimum absolute atomic E-state index is 0.00336. The number of nitrogens with two attached hydrogens (primary N) is 1. The van der Waals surface area contributed by atoms with E-state index in [1.807, 2.05) is 0 Å². The highest BCUT2D eigenvalue weighted by Crippen LogP contribution is 2.31. The normalized spacial score (nSPS) is 13.0. The van der Waals surface area contributed by atoms with Crippen molar-refractivity contribution in [3.63, 3.8) is 0 Å². The van der Waals surface area contributed by atoms with Gasteiger partial charge in [0, 0.05) is 23.2 Å². The molecule has 18 heavy (non-hydrogen) atoms. The molecule has 3 N–H and O–H groups in total. The predicted molar refractivity (Wildman–Crippen MR) is 76.8 cm³/mol. The molecule has 0 saturated carbocycles. The van der Waals surface area contributed by atoms with Crippen LogP contribution >= 0.6 is 27.5 Å². The number of rotatable bonds is 4. The van der Waals surface area contributed by atoms with Crippen molar-refractivity contribution >= 4 is 43.2 Å². The molecule has 0 bridgehead atoms. The molecule has 0 radical (unpaired) electrons. The zero-order valence-corrected chi connectivity index (χ0v) is 12.7. The van der Waals surface area contributed by atoms with E-state index in [-0.39, 0.29) is 26.1 Å². The van der Waals surface area contributed by atoms with Gasteiger partial charge in [-0.1, -0.05) is 11.6 Å². The zero-order chi connectivity index (χ0) is 13.9. The summed E-state index contributed by atoms with van der Waals surface area (Å²) in [5, 5.41) is 0.251. The number of benzene rings is 1. The fraction of sp³-hybridized carbons (Fsp3) is 0.273. The highest BCUT2D eigenvalue weighted by atomic mass is 79.9. The van der Waals surface area contributed by atoms with Crippen LogP contribution in [0.4, 0.5) is 5.69 Å². The molecular formula is C11H12BrClN2O2S. The first-order valence-corrected chi connectivity index (χ1v) is 7.63. The van der Waals surface area contributed by atoms with E-state index in [9.17, 15) is 8.42 Å². The van der Waals surface area contributed by atoms with Crippen molar-refractivity contribution < 1.29 is 8.42 Å². The fourth-order valence-electron chi connectivity index (χ4n) is 1.33. The first-order chi connectivity index (χ1) is 8.27. The molecule has 0 aliphatic carbocycles. The van der Waals surface area contributed by atoms with Gasteiger partial charge in [-0.3, -0.25) is 0 Å². The maximum Gasteiger partial charge on any atom is 0.242 e. The fourth-order valence-corrected chi connectivity index (χ4v) is 3.86. The number of nitrogens with one attached hydrogen (secondary N) is 1. The van der Waals surface area contributed by atoms with Crippen LogP contribution in [0, 0.1) is 12.3 Å². The Morgan fingerprint density at radius 1 is 1.61 bits per heavy atom. The summed E-state index contributed by atoms with van der Waals surface area (Å²) < 4.78 is 27.0. The summed E-state index contributed by atoms with van der Waals surface area (Å²) in [6.45, 7) is 1.68. The molecule has 0 fully saturated rings. The largest absolute Gasteiger partial charge is 0.398 e. The highest BCUT2D eigenvalue weighted by Gasteiger charge is 2.21. The van der Waals surface area contributed by atoms with Crippen molar-refractivity contribution in [2.24, 2.45) is 0 Å². The van der Waals surface area contributed by atoms with Crippen molar-refractivity contribution in [2.45, 2.75) is 24.3 Å². The molecule has 0 aliphatic heterocycles. The van der Waals surface area contributed by atoms with E-state index >= 15 is 0 Å². The Morgan fingerprint density at radius 2 is 2.22 bits per heavy atom. The molecule has 1 atom stereocenters. The van der Waals surface area contributed by atoms with E-state index in [1.165, 1.54) is 12.1 Å². The van der Waals surface area contributed by atoms with Crippen molar-refractivity contribution in [2.75, 3.05) is 5.73 Å². The molecule has 0 saturated heterocycles. The average Bonchev–Trinajstić information content (AvgIpc) is 2.22. The smallest absolute Gasteiger partial charge is 0.242 e. The Kier molecular flexibility index (Phi) is 5.05. The molecule has 0 aliphatic rings. The van der Waals surface area contributed by atoms with Gasteiger partial charge in [0.1, 0.15) is 0 Å². The molecule has 0 heterocycles. The second-order valence-electron chi connectivity index (χ2n) is 3.74. The van der Waals surface area contributed by atoms with Crippen molar-refractivity contribution in [1.82, 2.24) is 4.72 Å². The van der Waals surface area contributed by atoms with Crippen molar-refractivity contribution in [3.8, 4) is 12.3 Å². The third-order valence-electron chi connectivity index (χ3n) is 2.10. The standard InChI is InChI=1S/C11H12BrClN2O2S/c1-3-4-7(2)15-18(16,17)10-6-8(13)5-9(14)11(10)12/h1,5-7,15H,4,14H2,2H3. The lowest BCUT2D eigenvalue weighted by molar-refractivity contribution is 0.563. The van der Waals surface area contributed by atoms with Gasteiger partial charge >= 0.3 is 0 Å². The topological polar surface area (TPSA) is 72.2 Å². The van der Waals surface area contributed by atoms with E-state index in [4.69, 9.17) is 23.8 Å². The van der Waals surface area contributed by atoms with Crippen molar-refractivity contribution in [1.29, 1.82) is 0 Å².